The maximum absolute atomic E-state index is 11.5. The molecule has 0 saturated carbocycles. The number of ether oxygens (including phenoxy) is 3. The van der Waals surface area contributed by atoms with E-state index in [2.05, 4.69) is 5.32 Å². The van der Waals surface area contributed by atoms with Crippen LogP contribution in [0.25, 0.3) is 0 Å². The monoisotopic (exact) mass is 325 g/mol. The Hall–Kier alpha value is -1.93. The Morgan fingerprint density at radius 2 is 1.91 bits per heavy atom. The summed E-state index contributed by atoms with van der Waals surface area (Å²) in [6.07, 6.45) is 0.0579. The van der Waals surface area contributed by atoms with Gasteiger partial charge in [0.05, 0.1) is 19.2 Å². The molecule has 7 nitrogen and oxygen atoms in total. The minimum atomic E-state index is -1.69. The molecular formula is C15H24BNO6. The molecule has 0 saturated heterocycles. The Morgan fingerprint density at radius 1 is 1.26 bits per heavy atom. The molecule has 0 fully saturated rings. The number of amides is 1. The first-order valence-electron chi connectivity index (χ1n) is 7.37. The predicted octanol–water partition coefficient (Wildman–Crippen LogP) is 0.669. The lowest BCUT2D eigenvalue weighted by atomic mass is 9.78. The van der Waals surface area contributed by atoms with Crippen molar-refractivity contribution in [3.8, 4) is 11.5 Å². The average Bonchev–Trinajstić information content (AvgIpc) is 2.44. The van der Waals surface area contributed by atoms with E-state index in [-0.39, 0.29) is 5.46 Å². The highest BCUT2D eigenvalue weighted by Crippen LogP contribution is 2.17. The van der Waals surface area contributed by atoms with Crippen molar-refractivity contribution in [3.05, 3.63) is 18.2 Å². The van der Waals surface area contributed by atoms with Crippen LogP contribution in [0, 0.1) is 0 Å². The van der Waals surface area contributed by atoms with Gasteiger partial charge in [0.15, 0.2) is 0 Å². The molecule has 0 heterocycles. The second-order valence-electron chi connectivity index (χ2n) is 5.88. The van der Waals surface area contributed by atoms with Gasteiger partial charge in [0, 0.05) is 6.54 Å². The van der Waals surface area contributed by atoms with Gasteiger partial charge >= 0.3 is 13.2 Å². The number of rotatable bonds is 7. The molecule has 1 aromatic rings. The lowest BCUT2D eigenvalue weighted by Gasteiger charge is -2.19. The molecule has 0 aliphatic heterocycles. The number of carbonyl (C=O) groups excluding carboxylic acids is 1. The molecule has 3 N–H and O–H groups in total. The molecule has 0 aliphatic carbocycles. The van der Waals surface area contributed by atoms with Gasteiger partial charge < -0.3 is 29.6 Å². The highest BCUT2D eigenvalue weighted by Gasteiger charge is 2.22. The largest absolute Gasteiger partial charge is 0.497 e. The van der Waals surface area contributed by atoms with E-state index >= 15 is 0 Å². The van der Waals surface area contributed by atoms with Crippen LogP contribution in [0.2, 0.25) is 0 Å². The second-order valence-corrected chi connectivity index (χ2v) is 5.88. The topological polar surface area (TPSA) is 97.3 Å². The van der Waals surface area contributed by atoms with Crippen LogP contribution in [0.5, 0.6) is 11.5 Å². The van der Waals surface area contributed by atoms with Gasteiger partial charge in [0.1, 0.15) is 17.1 Å². The van der Waals surface area contributed by atoms with Gasteiger partial charge in [-0.1, -0.05) is 6.07 Å². The first-order chi connectivity index (χ1) is 10.7. The summed E-state index contributed by atoms with van der Waals surface area (Å²) in [7, 11) is -0.253. The van der Waals surface area contributed by atoms with Crippen LogP contribution in [0.1, 0.15) is 27.2 Å². The third-order valence-corrected chi connectivity index (χ3v) is 2.75. The van der Waals surface area contributed by atoms with Crippen molar-refractivity contribution < 1.29 is 29.1 Å². The molecule has 0 aromatic heterocycles. The zero-order chi connectivity index (χ0) is 17.5. The Morgan fingerprint density at radius 3 is 2.48 bits per heavy atom. The van der Waals surface area contributed by atoms with E-state index in [1.807, 2.05) is 0 Å². The third kappa shape index (κ3) is 6.79. The highest BCUT2D eigenvalue weighted by atomic mass is 16.6. The molecule has 1 rings (SSSR count). The minimum Gasteiger partial charge on any atom is -0.497 e. The molecule has 1 aromatic carbocycles. The molecule has 128 valence electrons. The van der Waals surface area contributed by atoms with E-state index in [1.165, 1.54) is 7.11 Å². The van der Waals surface area contributed by atoms with Gasteiger partial charge in [-0.3, -0.25) is 0 Å². The molecule has 0 atom stereocenters. The fourth-order valence-electron chi connectivity index (χ4n) is 1.84. The summed E-state index contributed by atoms with van der Waals surface area (Å²) in [6.45, 7) is 6.05. The molecular weight excluding hydrogens is 301 g/mol. The summed E-state index contributed by atoms with van der Waals surface area (Å²) in [5.41, 5.74) is -0.358. The first kappa shape index (κ1) is 19.1. The fourth-order valence-corrected chi connectivity index (χ4v) is 1.84. The molecule has 8 heteroatoms. The van der Waals surface area contributed by atoms with Crippen LogP contribution in [-0.4, -0.2) is 49.1 Å². The van der Waals surface area contributed by atoms with Crippen molar-refractivity contribution >= 4 is 18.7 Å². The zero-order valence-corrected chi connectivity index (χ0v) is 14.0. The minimum absolute atomic E-state index is 0.176. The van der Waals surface area contributed by atoms with Crippen LogP contribution >= 0.6 is 0 Å². The summed E-state index contributed by atoms with van der Waals surface area (Å²) in [4.78, 5) is 11.5. The average molecular weight is 325 g/mol. The quantitative estimate of drug-likeness (QED) is 0.504. The van der Waals surface area contributed by atoms with Gasteiger partial charge in [-0.05, 0) is 39.3 Å². The van der Waals surface area contributed by atoms with Crippen molar-refractivity contribution in [1.29, 1.82) is 0 Å². The summed E-state index contributed by atoms with van der Waals surface area (Å²) >= 11 is 0. The van der Waals surface area contributed by atoms with E-state index in [1.54, 1.807) is 39.0 Å². The van der Waals surface area contributed by atoms with Crippen LogP contribution in [0.4, 0.5) is 4.79 Å². The van der Waals surface area contributed by atoms with Crippen molar-refractivity contribution in [3.63, 3.8) is 0 Å². The van der Waals surface area contributed by atoms with Gasteiger partial charge in [-0.15, -0.1) is 0 Å². The third-order valence-electron chi connectivity index (χ3n) is 2.75. The Kier molecular flexibility index (Phi) is 7.18. The van der Waals surface area contributed by atoms with Crippen molar-refractivity contribution in [2.75, 3.05) is 20.3 Å². The smallest absolute Gasteiger partial charge is 0.496 e. The van der Waals surface area contributed by atoms with E-state index in [9.17, 15) is 14.8 Å². The number of alkyl carbamates (subject to hydrolysis) is 1. The molecule has 0 aliphatic rings. The Labute approximate surface area is 136 Å². The highest BCUT2D eigenvalue weighted by molar-refractivity contribution is 6.60. The van der Waals surface area contributed by atoms with Gasteiger partial charge in [0.2, 0.25) is 0 Å². The molecule has 0 radical (unpaired) electrons. The zero-order valence-electron chi connectivity index (χ0n) is 14.0. The van der Waals surface area contributed by atoms with Crippen molar-refractivity contribution in [1.82, 2.24) is 5.32 Å². The number of methoxy groups -OCH3 is 1. The fraction of sp³-hybridized carbons (Fsp3) is 0.533. The molecule has 0 unspecified atom stereocenters. The van der Waals surface area contributed by atoms with Crippen molar-refractivity contribution in [2.45, 2.75) is 32.8 Å². The Bertz CT molecular complexity index is 515. The standard InChI is InChI=1S/C15H24BNO6/c1-15(2,3)23-14(18)17-9-6-10-22-12-8-5-7-11(21-4)13(12)16(19)20/h5,7-8,19-20H,6,9-10H2,1-4H3,(H,17,18). The van der Waals surface area contributed by atoms with Gasteiger partial charge in [-0.2, -0.15) is 0 Å². The van der Waals surface area contributed by atoms with Crippen LogP contribution in [0.15, 0.2) is 18.2 Å². The van der Waals surface area contributed by atoms with E-state index in [0.717, 1.165) is 0 Å². The molecule has 0 spiro atoms. The molecule has 23 heavy (non-hydrogen) atoms. The lowest BCUT2D eigenvalue weighted by molar-refractivity contribution is 0.0525. The lowest BCUT2D eigenvalue weighted by Crippen LogP contribution is -2.34. The number of hydrogen-bond acceptors (Lipinski definition) is 6. The number of benzene rings is 1. The Balaban J connectivity index is 2.44. The van der Waals surface area contributed by atoms with Crippen LogP contribution in [-0.2, 0) is 4.74 Å². The summed E-state index contributed by atoms with van der Waals surface area (Å²) in [6, 6.07) is 4.93. The SMILES string of the molecule is COc1cccc(OCCCNC(=O)OC(C)(C)C)c1B(O)O. The van der Waals surface area contributed by atoms with Crippen LogP contribution < -0.4 is 20.3 Å². The first-order valence-corrected chi connectivity index (χ1v) is 7.37. The summed E-state index contributed by atoms with van der Waals surface area (Å²) in [5, 5.41) is 21.5. The number of hydrogen-bond donors (Lipinski definition) is 3. The van der Waals surface area contributed by atoms with Gasteiger partial charge in [0.25, 0.3) is 0 Å². The van der Waals surface area contributed by atoms with Crippen molar-refractivity contribution in [2.24, 2.45) is 0 Å². The predicted molar refractivity (Wildman–Crippen MR) is 87.2 cm³/mol. The summed E-state index contributed by atoms with van der Waals surface area (Å²) < 4.78 is 15.7. The second kappa shape index (κ2) is 8.64. The molecule has 1 amide bonds. The molecule has 0 bridgehead atoms. The maximum atomic E-state index is 11.5. The summed E-state index contributed by atoms with van der Waals surface area (Å²) in [5.74, 6) is 0.668. The number of carbonyl (C=O) groups is 1. The normalized spacial score (nSPS) is 10.9. The van der Waals surface area contributed by atoms with Crippen LogP contribution in [0.3, 0.4) is 0 Å². The number of nitrogens with one attached hydrogen (secondary N) is 1. The van der Waals surface area contributed by atoms with E-state index < -0.39 is 18.8 Å². The van der Waals surface area contributed by atoms with Gasteiger partial charge in [-0.25, -0.2) is 4.79 Å². The maximum Gasteiger partial charge on any atom is 0.496 e. The van der Waals surface area contributed by atoms with E-state index in [0.29, 0.717) is 31.1 Å². The van der Waals surface area contributed by atoms with E-state index in [4.69, 9.17) is 14.2 Å².